The van der Waals surface area contributed by atoms with Crippen molar-refractivity contribution in [1.29, 1.82) is 5.41 Å². The van der Waals surface area contributed by atoms with Crippen molar-refractivity contribution >= 4 is 55.8 Å². The molecule has 0 spiro atoms. The van der Waals surface area contributed by atoms with Crippen molar-refractivity contribution in [3.63, 3.8) is 0 Å². The number of hydrogen-bond donors (Lipinski definition) is 1. The molecule has 152 valence electrons. The van der Waals surface area contributed by atoms with Crippen molar-refractivity contribution in [3.8, 4) is 5.69 Å². The fourth-order valence-electron chi connectivity index (χ4n) is 4.66. The topological polar surface area (TPSA) is 46.6 Å². The third kappa shape index (κ3) is 2.50. The second-order valence-corrected chi connectivity index (χ2v) is 7.74. The maximum atomic E-state index is 8.01. The molecule has 0 amide bonds. The maximum absolute atomic E-state index is 8.01. The molecule has 0 aliphatic rings. The van der Waals surface area contributed by atoms with Crippen LogP contribution >= 0.6 is 0 Å². The van der Waals surface area contributed by atoms with Gasteiger partial charge in [0.15, 0.2) is 0 Å². The van der Waals surface area contributed by atoms with E-state index < -0.39 is 0 Å². The molecule has 0 aliphatic heterocycles. The van der Waals surface area contributed by atoms with E-state index in [4.69, 9.17) is 10.4 Å². The molecule has 6 aromatic rings. The van der Waals surface area contributed by atoms with Gasteiger partial charge in [0.2, 0.25) is 0 Å². The van der Waals surface area contributed by atoms with E-state index >= 15 is 0 Å². The van der Waals surface area contributed by atoms with Gasteiger partial charge in [-0.1, -0.05) is 67.3 Å². The van der Waals surface area contributed by atoms with Crippen LogP contribution in [0.15, 0.2) is 104 Å². The zero-order chi connectivity index (χ0) is 21.7. The molecule has 0 fully saturated rings. The lowest BCUT2D eigenvalue weighted by atomic mass is 10.2. The van der Waals surface area contributed by atoms with Crippen LogP contribution in [-0.4, -0.2) is 20.3 Å². The second-order valence-electron chi connectivity index (χ2n) is 7.74. The summed E-state index contributed by atoms with van der Waals surface area (Å²) in [5, 5.41) is 11.3. The summed E-state index contributed by atoms with van der Waals surface area (Å²) >= 11 is 0. The molecule has 0 bridgehead atoms. The Morgan fingerprint density at radius 1 is 0.781 bits per heavy atom. The van der Waals surface area contributed by atoms with E-state index in [1.165, 1.54) is 6.21 Å². The zero-order valence-electron chi connectivity index (χ0n) is 17.4. The van der Waals surface area contributed by atoms with Gasteiger partial charge in [0.05, 0.1) is 27.8 Å². The van der Waals surface area contributed by atoms with Gasteiger partial charge in [-0.25, -0.2) is 4.98 Å². The average Bonchev–Trinajstić information content (AvgIpc) is 3.34. The highest BCUT2D eigenvalue weighted by Crippen LogP contribution is 2.37. The Morgan fingerprint density at radius 2 is 1.47 bits per heavy atom. The Balaban J connectivity index is 1.85. The van der Waals surface area contributed by atoms with E-state index in [9.17, 15) is 0 Å². The molecule has 3 aromatic carbocycles. The Bertz CT molecular complexity index is 1700. The number of allylic oxidation sites excluding steroid dienone is 3. The average molecular weight is 412 g/mol. The number of pyridine rings is 1. The largest absolute Gasteiger partial charge is 0.308 e. The number of hydrogen-bond acceptors (Lipinski definition) is 2. The molecule has 6 rings (SSSR count). The monoisotopic (exact) mass is 412 g/mol. The molecule has 0 saturated heterocycles. The minimum absolute atomic E-state index is 0.727. The number of benzene rings is 3. The van der Waals surface area contributed by atoms with E-state index in [1.54, 1.807) is 6.08 Å². The van der Waals surface area contributed by atoms with Crippen LogP contribution in [0.3, 0.4) is 0 Å². The number of fused-ring (bicyclic) bond motifs is 6. The SMILES string of the molecule is C=C/C=C(\C=N)n1c2ccccc2c2cc3c(nc21)c1ccccc1n3-c1ccccc1. The van der Waals surface area contributed by atoms with E-state index in [1.807, 2.05) is 28.8 Å². The number of aromatic nitrogens is 3. The third-order valence-electron chi connectivity index (χ3n) is 5.98. The Morgan fingerprint density at radius 3 is 2.22 bits per heavy atom. The summed E-state index contributed by atoms with van der Waals surface area (Å²) in [5.41, 5.74) is 6.83. The predicted molar refractivity (Wildman–Crippen MR) is 135 cm³/mol. The summed E-state index contributed by atoms with van der Waals surface area (Å²) in [7, 11) is 0. The van der Waals surface area contributed by atoms with E-state index in [2.05, 4.69) is 77.9 Å². The highest BCUT2D eigenvalue weighted by molar-refractivity contribution is 6.18. The minimum Gasteiger partial charge on any atom is -0.308 e. The molecular weight excluding hydrogens is 392 g/mol. The summed E-state index contributed by atoms with van der Waals surface area (Å²) in [5.74, 6) is 0. The molecule has 32 heavy (non-hydrogen) atoms. The van der Waals surface area contributed by atoms with Crippen molar-refractivity contribution in [2.24, 2.45) is 0 Å². The van der Waals surface area contributed by atoms with Crippen molar-refractivity contribution in [3.05, 3.63) is 104 Å². The van der Waals surface area contributed by atoms with Crippen LogP contribution in [0.1, 0.15) is 0 Å². The van der Waals surface area contributed by atoms with Crippen LogP contribution in [0.5, 0.6) is 0 Å². The van der Waals surface area contributed by atoms with Gasteiger partial charge in [-0.15, -0.1) is 0 Å². The summed E-state index contributed by atoms with van der Waals surface area (Å²) in [4.78, 5) is 5.20. The van der Waals surface area contributed by atoms with Crippen molar-refractivity contribution in [2.75, 3.05) is 0 Å². The molecule has 3 aromatic heterocycles. The van der Waals surface area contributed by atoms with Gasteiger partial charge in [0.1, 0.15) is 5.65 Å². The highest BCUT2D eigenvalue weighted by Gasteiger charge is 2.19. The molecule has 0 aliphatic carbocycles. The van der Waals surface area contributed by atoms with Crippen LogP contribution in [0.4, 0.5) is 0 Å². The molecule has 0 atom stereocenters. The molecule has 0 unspecified atom stereocenters. The van der Waals surface area contributed by atoms with Crippen LogP contribution < -0.4 is 0 Å². The van der Waals surface area contributed by atoms with Gasteiger partial charge in [0, 0.05) is 28.1 Å². The maximum Gasteiger partial charge on any atom is 0.146 e. The molecule has 0 radical (unpaired) electrons. The van der Waals surface area contributed by atoms with Crippen LogP contribution in [0.25, 0.3) is 55.3 Å². The highest BCUT2D eigenvalue weighted by atomic mass is 15.1. The Kier molecular flexibility index (Phi) is 4.05. The predicted octanol–water partition coefficient (Wildman–Crippen LogP) is 6.96. The standard InChI is InChI=1S/C28H20N4/c1-2-10-20(18-29)32-24-15-8-6-13-21(24)23-17-26-27(30-28(23)32)22-14-7-9-16-25(22)31(26)19-11-4-3-5-12-19/h2-18,29H,1H2/b20-10+,29-18?. The number of nitrogens with zero attached hydrogens (tertiary/aromatic N) is 3. The van der Waals surface area contributed by atoms with Gasteiger partial charge >= 0.3 is 0 Å². The van der Waals surface area contributed by atoms with Gasteiger partial charge in [-0.3, -0.25) is 4.57 Å². The van der Waals surface area contributed by atoms with Gasteiger partial charge in [-0.05, 0) is 36.4 Å². The van der Waals surface area contributed by atoms with Gasteiger partial charge in [0.25, 0.3) is 0 Å². The normalized spacial score (nSPS) is 12.2. The number of nitrogens with one attached hydrogen (secondary N) is 1. The molecule has 3 heterocycles. The molecule has 4 heteroatoms. The molecule has 1 N–H and O–H groups in total. The first kappa shape index (κ1) is 18.3. The lowest BCUT2D eigenvalue weighted by molar-refractivity contribution is 1.17. The fraction of sp³-hybridized carbons (Fsp3) is 0. The number of rotatable bonds is 4. The van der Waals surface area contributed by atoms with E-state index in [0.717, 1.165) is 55.3 Å². The van der Waals surface area contributed by atoms with Crippen molar-refractivity contribution in [2.45, 2.75) is 0 Å². The Hall–Kier alpha value is -4.44. The third-order valence-corrected chi connectivity index (χ3v) is 5.98. The molecule has 0 saturated carbocycles. The lowest BCUT2D eigenvalue weighted by Gasteiger charge is -2.08. The first-order chi connectivity index (χ1) is 15.8. The Labute approximate surface area is 184 Å². The van der Waals surface area contributed by atoms with Crippen molar-refractivity contribution < 1.29 is 0 Å². The van der Waals surface area contributed by atoms with Crippen LogP contribution in [-0.2, 0) is 0 Å². The first-order valence-electron chi connectivity index (χ1n) is 10.5. The lowest BCUT2D eigenvalue weighted by Crippen LogP contribution is -1.99. The van der Waals surface area contributed by atoms with Crippen LogP contribution in [0, 0.1) is 5.41 Å². The summed E-state index contributed by atoms with van der Waals surface area (Å²) in [6, 6.07) is 29.3. The summed E-state index contributed by atoms with van der Waals surface area (Å²) < 4.78 is 4.33. The fourth-order valence-corrected chi connectivity index (χ4v) is 4.66. The quantitative estimate of drug-likeness (QED) is 0.247. The summed E-state index contributed by atoms with van der Waals surface area (Å²) in [6.45, 7) is 3.83. The molecule has 4 nitrogen and oxygen atoms in total. The second kappa shape index (κ2) is 7.06. The summed E-state index contributed by atoms with van der Waals surface area (Å²) in [6.07, 6.45) is 4.91. The van der Waals surface area contributed by atoms with E-state index in [-0.39, 0.29) is 0 Å². The minimum atomic E-state index is 0.727. The van der Waals surface area contributed by atoms with Gasteiger partial charge in [-0.2, -0.15) is 0 Å². The zero-order valence-corrected chi connectivity index (χ0v) is 17.4. The van der Waals surface area contributed by atoms with E-state index in [0.29, 0.717) is 0 Å². The van der Waals surface area contributed by atoms with Crippen LogP contribution in [0.2, 0.25) is 0 Å². The smallest absolute Gasteiger partial charge is 0.146 e. The molecular formula is C28H20N4. The number of para-hydroxylation sites is 3. The van der Waals surface area contributed by atoms with Gasteiger partial charge < -0.3 is 9.98 Å². The first-order valence-corrected chi connectivity index (χ1v) is 10.5. The van der Waals surface area contributed by atoms with Crippen molar-refractivity contribution in [1.82, 2.24) is 14.1 Å².